The molecule has 1 aromatic rings. The van der Waals surface area contributed by atoms with Gasteiger partial charge in [0.05, 0.1) is 24.8 Å². The van der Waals surface area contributed by atoms with Crippen molar-refractivity contribution in [2.45, 2.75) is 18.4 Å². The van der Waals surface area contributed by atoms with E-state index < -0.39 is 5.54 Å². The Bertz CT molecular complexity index is 491. The molecule has 1 aromatic carbocycles. The number of isocyanates is 1. The third kappa shape index (κ3) is 1.90. The second-order valence-corrected chi connectivity index (χ2v) is 4.28. The van der Waals surface area contributed by atoms with Crippen molar-refractivity contribution < 1.29 is 14.3 Å². The topological polar surface area (TPSA) is 47.9 Å². The van der Waals surface area contributed by atoms with E-state index in [1.165, 1.54) is 7.11 Å². The molecule has 90 valence electrons. The lowest BCUT2D eigenvalue weighted by Gasteiger charge is -2.15. The highest BCUT2D eigenvalue weighted by Gasteiger charge is 2.47. The van der Waals surface area contributed by atoms with Gasteiger partial charge in [0, 0.05) is 5.56 Å². The van der Waals surface area contributed by atoms with E-state index in [0.717, 1.165) is 18.4 Å². The van der Waals surface area contributed by atoms with Crippen LogP contribution >= 0.6 is 11.6 Å². The maximum Gasteiger partial charge on any atom is 0.235 e. The van der Waals surface area contributed by atoms with E-state index in [2.05, 4.69) is 4.99 Å². The van der Waals surface area contributed by atoms with Crippen molar-refractivity contribution >= 4 is 17.7 Å². The maximum absolute atomic E-state index is 10.4. The normalized spacial score (nSPS) is 15.9. The maximum atomic E-state index is 10.4. The van der Waals surface area contributed by atoms with Gasteiger partial charge in [-0.15, -0.1) is 0 Å². The molecule has 0 bridgehead atoms. The van der Waals surface area contributed by atoms with Gasteiger partial charge >= 0.3 is 0 Å². The Morgan fingerprint density at radius 3 is 2.53 bits per heavy atom. The fourth-order valence-corrected chi connectivity index (χ4v) is 2.30. The predicted octanol–water partition coefficient (Wildman–Crippen LogP) is 2.68. The van der Waals surface area contributed by atoms with Crippen LogP contribution in [0.3, 0.4) is 0 Å². The molecular weight excluding hydrogens is 242 g/mol. The summed E-state index contributed by atoms with van der Waals surface area (Å²) in [5.74, 6) is 1.03. The van der Waals surface area contributed by atoms with Crippen LogP contribution in [-0.4, -0.2) is 20.3 Å². The van der Waals surface area contributed by atoms with Crippen LogP contribution in [0.4, 0.5) is 0 Å². The van der Waals surface area contributed by atoms with E-state index in [-0.39, 0.29) is 0 Å². The Balaban J connectivity index is 2.54. The summed E-state index contributed by atoms with van der Waals surface area (Å²) in [6.45, 7) is 0. The highest BCUT2D eigenvalue weighted by atomic mass is 35.5. The molecule has 0 atom stereocenters. The van der Waals surface area contributed by atoms with Gasteiger partial charge in [0.1, 0.15) is 0 Å². The molecule has 4 nitrogen and oxygen atoms in total. The molecular formula is C12H12ClNO3. The summed E-state index contributed by atoms with van der Waals surface area (Å²) in [4.78, 5) is 14.3. The summed E-state index contributed by atoms with van der Waals surface area (Å²) in [5, 5.41) is 0.448. The standard InChI is InChI=1S/C12H12ClNO3/c1-16-9-4-3-8(10(13)11(9)17-2)12(5-6-12)14-7-15/h3-4H,5-6H2,1-2H3. The van der Waals surface area contributed by atoms with Crippen LogP contribution in [0.25, 0.3) is 0 Å². The summed E-state index contributed by atoms with van der Waals surface area (Å²) in [6, 6.07) is 3.58. The Morgan fingerprint density at radius 2 is 2.06 bits per heavy atom. The van der Waals surface area contributed by atoms with Gasteiger partial charge in [-0.25, -0.2) is 4.79 Å². The van der Waals surface area contributed by atoms with Gasteiger partial charge in [-0.05, 0) is 18.9 Å². The first kappa shape index (κ1) is 12.0. The molecule has 0 amide bonds. The largest absolute Gasteiger partial charge is 0.493 e. The minimum Gasteiger partial charge on any atom is -0.493 e. The van der Waals surface area contributed by atoms with Crippen molar-refractivity contribution in [1.82, 2.24) is 0 Å². The molecule has 0 unspecified atom stereocenters. The summed E-state index contributed by atoms with van der Waals surface area (Å²) in [7, 11) is 3.07. The van der Waals surface area contributed by atoms with E-state index in [4.69, 9.17) is 21.1 Å². The number of halogens is 1. The molecule has 17 heavy (non-hydrogen) atoms. The van der Waals surface area contributed by atoms with Gasteiger partial charge in [-0.3, -0.25) is 0 Å². The first-order valence-corrected chi connectivity index (χ1v) is 5.56. The van der Waals surface area contributed by atoms with Crippen molar-refractivity contribution in [3.63, 3.8) is 0 Å². The fraction of sp³-hybridized carbons (Fsp3) is 0.417. The number of nitrogens with zero attached hydrogens (tertiary/aromatic N) is 1. The first-order chi connectivity index (χ1) is 8.18. The molecule has 2 rings (SSSR count). The number of ether oxygens (including phenoxy) is 2. The lowest BCUT2D eigenvalue weighted by molar-refractivity contribution is 0.354. The van der Waals surface area contributed by atoms with Gasteiger partial charge < -0.3 is 9.47 Å². The van der Waals surface area contributed by atoms with Crippen molar-refractivity contribution in [2.24, 2.45) is 4.99 Å². The zero-order valence-electron chi connectivity index (χ0n) is 9.62. The van der Waals surface area contributed by atoms with Crippen molar-refractivity contribution in [2.75, 3.05) is 14.2 Å². The molecule has 0 spiro atoms. The third-order valence-corrected chi connectivity index (χ3v) is 3.34. The zero-order chi connectivity index (χ0) is 12.5. The molecule has 0 saturated heterocycles. The average Bonchev–Trinajstić information content (AvgIpc) is 3.09. The van der Waals surface area contributed by atoms with Gasteiger partial charge in [-0.2, -0.15) is 4.99 Å². The monoisotopic (exact) mass is 253 g/mol. The van der Waals surface area contributed by atoms with E-state index in [0.29, 0.717) is 16.5 Å². The molecule has 0 radical (unpaired) electrons. The summed E-state index contributed by atoms with van der Waals surface area (Å²) in [6.07, 6.45) is 3.21. The second kappa shape index (κ2) is 4.40. The Morgan fingerprint density at radius 1 is 1.35 bits per heavy atom. The minimum absolute atomic E-state index is 0.448. The van der Waals surface area contributed by atoms with E-state index in [9.17, 15) is 4.79 Å². The van der Waals surface area contributed by atoms with Crippen LogP contribution in [-0.2, 0) is 10.3 Å². The molecule has 1 saturated carbocycles. The number of benzene rings is 1. The van der Waals surface area contributed by atoms with Crippen LogP contribution in [0.2, 0.25) is 5.02 Å². The van der Waals surface area contributed by atoms with Crippen molar-refractivity contribution in [3.05, 3.63) is 22.7 Å². The van der Waals surface area contributed by atoms with Gasteiger partial charge in [0.15, 0.2) is 11.5 Å². The van der Waals surface area contributed by atoms with E-state index >= 15 is 0 Å². The number of rotatable bonds is 4. The lowest BCUT2D eigenvalue weighted by Crippen LogP contribution is -2.05. The number of carbonyl (C=O) groups excluding carboxylic acids is 1. The number of hydrogen-bond acceptors (Lipinski definition) is 4. The molecule has 0 aromatic heterocycles. The van der Waals surface area contributed by atoms with Crippen LogP contribution < -0.4 is 9.47 Å². The molecule has 0 N–H and O–H groups in total. The fourth-order valence-electron chi connectivity index (χ4n) is 1.90. The third-order valence-electron chi connectivity index (χ3n) is 2.97. The molecule has 1 aliphatic rings. The Labute approximate surface area is 104 Å². The van der Waals surface area contributed by atoms with Crippen LogP contribution in [0.15, 0.2) is 17.1 Å². The highest BCUT2D eigenvalue weighted by Crippen LogP contribution is 2.54. The number of methoxy groups -OCH3 is 2. The smallest absolute Gasteiger partial charge is 0.235 e. The van der Waals surface area contributed by atoms with Gasteiger partial charge in [0.2, 0.25) is 6.08 Å². The summed E-state index contributed by atoms with van der Waals surface area (Å²) >= 11 is 6.26. The molecule has 5 heteroatoms. The lowest BCUT2D eigenvalue weighted by atomic mass is 10.0. The summed E-state index contributed by atoms with van der Waals surface area (Å²) < 4.78 is 10.4. The van der Waals surface area contributed by atoms with Gasteiger partial charge in [0.25, 0.3) is 0 Å². The Kier molecular flexibility index (Phi) is 3.09. The second-order valence-electron chi connectivity index (χ2n) is 3.90. The molecule has 1 aliphatic carbocycles. The average molecular weight is 254 g/mol. The number of aliphatic imine (C=N–C) groups is 1. The minimum atomic E-state index is -0.502. The zero-order valence-corrected chi connectivity index (χ0v) is 10.4. The number of hydrogen-bond donors (Lipinski definition) is 0. The predicted molar refractivity (Wildman–Crippen MR) is 63.6 cm³/mol. The van der Waals surface area contributed by atoms with Crippen LogP contribution in [0.1, 0.15) is 18.4 Å². The molecule has 1 fully saturated rings. The molecule has 0 aliphatic heterocycles. The van der Waals surface area contributed by atoms with E-state index in [1.807, 2.05) is 6.07 Å². The van der Waals surface area contributed by atoms with Crippen molar-refractivity contribution in [1.29, 1.82) is 0 Å². The van der Waals surface area contributed by atoms with Crippen LogP contribution in [0, 0.1) is 0 Å². The SMILES string of the molecule is COc1ccc(C2(N=C=O)CC2)c(Cl)c1OC. The molecule has 0 heterocycles. The first-order valence-electron chi connectivity index (χ1n) is 5.18. The highest BCUT2D eigenvalue weighted by molar-refractivity contribution is 6.33. The van der Waals surface area contributed by atoms with Crippen LogP contribution in [0.5, 0.6) is 11.5 Å². The van der Waals surface area contributed by atoms with Gasteiger partial charge in [-0.1, -0.05) is 17.7 Å². The van der Waals surface area contributed by atoms with Crippen molar-refractivity contribution in [3.8, 4) is 11.5 Å². The summed E-state index contributed by atoms with van der Waals surface area (Å²) in [5.41, 5.74) is 0.290. The van der Waals surface area contributed by atoms with E-state index in [1.54, 1.807) is 19.3 Å². The Hall–Kier alpha value is -1.51. The quantitative estimate of drug-likeness (QED) is 0.612.